The second-order valence-corrected chi connectivity index (χ2v) is 2.34. The summed E-state index contributed by atoms with van der Waals surface area (Å²) in [6.07, 6.45) is 0.855. The van der Waals surface area contributed by atoms with E-state index in [1.54, 1.807) is 0 Å². The lowest BCUT2D eigenvalue weighted by Gasteiger charge is -2.00. The predicted molar refractivity (Wildman–Crippen MR) is 44.1 cm³/mol. The van der Waals surface area contributed by atoms with E-state index in [0.29, 0.717) is 0 Å². The molecule has 2 N–H and O–H groups in total. The maximum atomic E-state index is 11.8. The average Bonchev–Trinajstić information content (AvgIpc) is 2.04. The quantitative estimate of drug-likeness (QED) is 0.693. The number of nitrogens with zero attached hydrogens (tertiary/aromatic N) is 2. The van der Waals surface area contributed by atoms with Crippen LogP contribution in [0.1, 0.15) is 11.2 Å². The summed E-state index contributed by atoms with van der Waals surface area (Å²) >= 11 is 0. The van der Waals surface area contributed by atoms with Gasteiger partial charge >= 0.3 is 5.69 Å². The smallest absolute Gasteiger partial charge is 0.356 e. The van der Waals surface area contributed by atoms with E-state index in [1.807, 2.05) is 0 Å². The molecule has 0 aromatic carbocycles. The maximum absolute atomic E-state index is 11.8. The van der Waals surface area contributed by atoms with Crippen LogP contribution < -0.4 is 11.4 Å². The summed E-state index contributed by atoms with van der Waals surface area (Å²) in [5.74, 6) is -0.589. The van der Waals surface area contributed by atoms with E-state index in [4.69, 9.17) is 5.73 Å². The third-order valence-electron chi connectivity index (χ3n) is 1.40. The van der Waals surface area contributed by atoms with Crippen molar-refractivity contribution in [2.45, 2.75) is 6.42 Å². The number of anilines is 1. The molecule has 0 saturated heterocycles. The summed E-state index contributed by atoms with van der Waals surface area (Å²) in [5.41, 5.74) is 4.41. The summed E-state index contributed by atoms with van der Waals surface area (Å²) in [5, 5.41) is 0. The van der Waals surface area contributed by atoms with Gasteiger partial charge in [-0.1, -0.05) is 0 Å². The summed E-state index contributed by atoms with van der Waals surface area (Å²) in [6, 6.07) is 1.30. The molecule has 6 heteroatoms. The zero-order valence-corrected chi connectivity index (χ0v) is 6.74. The Kier molecular flexibility index (Phi) is 2.73. The Morgan fingerprint density at radius 1 is 1.69 bits per heavy atom. The highest BCUT2D eigenvalue weighted by Gasteiger charge is 2.06. The van der Waals surface area contributed by atoms with E-state index >= 15 is 0 Å². The van der Waals surface area contributed by atoms with E-state index in [-0.39, 0.29) is 12.2 Å². The van der Waals surface area contributed by atoms with Gasteiger partial charge in [-0.15, -0.1) is 0 Å². The highest BCUT2D eigenvalue weighted by atomic mass is 19.1. The normalized spacial score (nSPS) is 9.92. The van der Waals surface area contributed by atoms with Gasteiger partial charge in [-0.05, 0) is 6.07 Å². The molecule has 1 rings (SSSR count). The van der Waals surface area contributed by atoms with Crippen LogP contribution in [-0.4, -0.2) is 22.1 Å². The number of rotatable bonds is 2. The number of aromatic nitrogens is 2. The molecule has 0 aliphatic carbocycles. The molecular formula is C7H8FN3O2. The fourth-order valence-electron chi connectivity index (χ4n) is 0.807. The molecule has 0 amide bonds. The van der Waals surface area contributed by atoms with Gasteiger partial charge in [0.15, 0.2) is 0 Å². The number of hydrogen-bond donors (Lipinski definition) is 1. The van der Waals surface area contributed by atoms with Crippen molar-refractivity contribution < 1.29 is 9.18 Å². The summed E-state index contributed by atoms with van der Waals surface area (Å²) in [7, 11) is 0. The molecule has 0 unspecified atom stereocenters. The molecule has 0 bridgehead atoms. The largest absolute Gasteiger partial charge is 0.383 e. The number of carbonyl (C=O) groups excluding carboxylic acids is 1. The van der Waals surface area contributed by atoms with Crippen LogP contribution in [0.5, 0.6) is 0 Å². The Balaban J connectivity index is 3.02. The first kappa shape index (κ1) is 9.37. The molecule has 1 heterocycles. The molecule has 0 saturated carbocycles. The van der Waals surface area contributed by atoms with Crippen molar-refractivity contribution in [3.8, 4) is 0 Å². The molecule has 13 heavy (non-hydrogen) atoms. The maximum Gasteiger partial charge on any atom is 0.356 e. The summed E-state index contributed by atoms with van der Waals surface area (Å²) in [4.78, 5) is 25.3. The minimum Gasteiger partial charge on any atom is -0.383 e. The third-order valence-corrected chi connectivity index (χ3v) is 1.40. The van der Waals surface area contributed by atoms with Gasteiger partial charge in [0.2, 0.25) is 5.91 Å². The van der Waals surface area contributed by atoms with Crippen molar-refractivity contribution >= 4 is 11.7 Å². The highest BCUT2D eigenvalue weighted by molar-refractivity contribution is 5.78. The Labute approximate surface area is 73.0 Å². The van der Waals surface area contributed by atoms with Crippen LogP contribution in [0.15, 0.2) is 17.1 Å². The lowest BCUT2D eigenvalue weighted by molar-refractivity contribution is 0.0887. The van der Waals surface area contributed by atoms with E-state index < -0.39 is 18.3 Å². The Bertz CT molecular complexity index is 374. The fraction of sp³-hybridized carbons (Fsp3) is 0.286. The number of nitrogen functional groups attached to an aromatic ring is 1. The van der Waals surface area contributed by atoms with Crippen LogP contribution in [-0.2, 0) is 0 Å². The Hall–Kier alpha value is -1.72. The fourth-order valence-corrected chi connectivity index (χ4v) is 0.807. The molecule has 1 aromatic heterocycles. The second kappa shape index (κ2) is 3.79. The molecule has 0 aliphatic heterocycles. The lowest BCUT2D eigenvalue weighted by atomic mass is 10.4. The monoisotopic (exact) mass is 185 g/mol. The molecule has 0 radical (unpaired) electrons. The topological polar surface area (TPSA) is 78.0 Å². The van der Waals surface area contributed by atoms with E-state index in [0.717, 1.165) is 4.57 Å². The van der Waals surface area contributed by atoms with Crippen LogP contribution in [0.2, 0.25) is 0 Å². The zero-order valence-electron chi connectivity index (χ0n) is 6.74. The molecule has 1 aromatic rings. The van der Waals surface area contributed by atoms with E-state index in [2.05, 4.69) is 4.98 Å². The predicted octanol–water partition coefficient (Wildman–Crippen LogP) is -0.175. The van der Waals surface area contributed by atoms with Gasteiger partial charge < -0.3 is 5.73 Å². The number of hydrogen-bond acceptors (Lipinski definition) is 4. The SMILES string of the molecule is Nc1ccn(C(=O)CCF)c(=O)n1. The number of alkyl halides is 1. The van der Waals surface area contributed by atoms with Crippen LogP contribution in [0.4, 0.5) is 10.2 Å². The van der Waals surface area contributed by atoms with Crippen LogP contribution in [0, 0.1) is 0 Å². The number of halogens is 1. The minimum absolute atomic E-state index is 0.0364. The zero-order chi connectivity index (χ0) is 9.84. The van der Waals surface area contributed by atoms with Gasteiger partial charge in [0, 0.05) is 6.20 Å². The second-order valence-electron chi connectivity index (χ2n) is 2.34. The first-order valence-corrected chi connectivity index (χ1v) is 3.59. The minimum atomic E-state index is -0.796. The van der Waals surface area contributed by atoms with Gasteiger partial charge in [-0.2, -0.15) is 4.98 Å². The first-order chi connectivity index (χ1) is 6.15. The Morgan fingerprint density at radius 2 is 2.38 bits per heavy atom. The Morgan fingerprint density at radius 3 is 2.92 bits per heavy atom. The van der Waals surface area contributed by atoms with Crippen molar-refractivity contribution in [2.75, 3.05) is 12.4 Å². The van der Waals surface area contributed by atoms with E-state index in [1.165, 1.54) is 12.3 Å². The molecular weight excluding hydrogens is 177 g/mol. The average molecular weight is 185 g/mol. The third kappa shape index (κ3) is 2.11. The van der Waals surface area contributed by atoms with Crippen LogP contribution >= 0.6 is 0 Å². The van der Waals surface area contributed by atoms with Crippen molar-refractivity contribution in [2.24, 2.45) is 0 Å². The van der Waals surface area contributed by atoms with Crippen molar-refractivity contribution in [1.29, 1.82) is 0 Å². The first-order valence-electron chi connectivity index (χ1n) is 3.59. The van der Waals surface area contributed by atoms with Crippen molar-refractivity contribution in [1.82, 2.24) is 9.55 Å². The van der Waals surface area contributed by atoms with Crippen molar-refractivity contribution in [3.63, 3.8) is 0 Å². The molecule has 0 atom stereocenters. The van der Waals surface area contributed by atoms with Crippen LogP contribution in [0.3, 0.4) is 0 Å². The molecule has 5 nitrogen and oxygen atoms in total. The van der Waals surface area contributed by atoms with Crippen LogP contribution in [0.25, 0.3) is 0 Å². The molecule has 70 valence electrons. The number of nitrogens with two attached hydrogens (primary N) is 1. The van der Waals surface area contributed by atoms with Crippen molar-refractivity contribution in [3.05, 3.63) is 22.7 Å². The highest BCUT2D eigenvalue weighted by Crippen LogP contribution is 1.92. The summed E-state index contributed by atoms with van der Waals surface area (Å²) in [6.45, 7) is -0.796. The van der Waals surface area contributed by atoms with Gasteiger partial charge in [0.05, 0.1) is 13.1 Å². The van der Waals surface area contributed by atoms with E-state index in [9.17, 15) is 14.0 Å². The van der Waals surface area contributed by atoms with Gasteiger partial charge in [0.1, 0.15) is 5.82 Å². The lowest BCUT2D eigenvalue weighted by Crippen LogP contribution is -2.28. The number of carbonyl (C=O) groups is 1. The van der Waals surface area contributed by atoms with Gasteiger partial charge in [-0.3, -0.25) is 9.18 Å². The summed E-state index contributed by atoms with van der Waals surface area (Å²) < 4.78 is 12.5. The standard InChI is InChI=1S/C7H8FN3O2/c8-3-1-6(12)11-4-2-5(9)10-7(11)13/h2,4H,1,3H2,(H2,9,10,13). The van der Waals surface area contributed by atoms with Gasteiger partial charge in [-0.25, -0.2) is 9.36 Å². The molecule has 0 fully saturated rings. The van der Waals surface area contributed by atoms with Gasteiger partial charge in [0.25, 0.3) is 0 Å². The molecule has 0 spiro atoms. The molecule has 0 aliphatic rings.